The normalized spacial score (nSPS) is 16.4. The third-order valence-corrected chi connectivity index (χ3v) is 8.40. The average molecular weight is 490 g/mol. The zero-order valence-electron chi connectivity index (χ0n) is 20.3. The standard InChI is InChI=1S/C29H31NO4S/c1-3-29(27-16-30-18-35-27,23-7-5-4-6-8-23)33-17-20-9-12-24(19(2)13-20)21-10-11-22-15-26(28(31)32)34-25(22)14-21/h9-16,18,23H,3-8,17H2,1-2H3,(H,31,32). The topological polar surface area (TPSA) is 72.6 Å². The van der Waals surface area contributed by atoms with Crippen LogP contribution in [0.3, 0.4) is 0 Å². The van der Waals surface area contributed by atoms with Crippen LogP contribution < -0.4 is 0 Å². The van der Waals surface area contributed by atoms with Crippen molar-refractivity contribution < 1.29 is 19.1 Å². The van der Waals surface area contributed by atoms with Crippen LogP contribution in [0.2, 0.25) is 0 Å². The number of hydrogen-bond acceptors (Lipinski definition) is 5. The molecule has 182 valence electrons. The minimum Gasteiger partial charge on any atom is -0.475 e. The first-order chi connectivity index (χ1) is 17.0. The summed E-state index contributed by atoms with van der Waals surface area (Å²) < 4.78 is 12.3. The van der Waals surface area contributed by atoms with Crippen LogP contribution in [0.25, 0.3) is 22.1 Å². The van der Waals surface area contributed by atoms with E-state index in [1.165, 1.54) is 37.0 Å². The zero-order chi connectivity index (χ0) is 24.4. The first-order valence-electron chi connectivity index (χ1n) is 12.4. The molecule has 2 aromatic heterocycles. The van der Waals surface area contributed by atoms with Crippen molar-refractivity contribution in [1.82, 2.24) is 4.98 Å². The fourth-order valence-corrected chi connectivity index (χ4v) is 6.53. The molecule has 2 aromatic carbocycles. The number of fused-ring (bicyclic) bond motifs is 1. The van der Waals surface area contributed by atoms with Crippen LogP contribution in [0.5, 0.6) is 0 Å². The van der Waals surface area contributed by atoms with E-state index in [2.05, 4.69) is 37.0 Å². The van der Waals surface area contributed by atoms with Crippen LogP contribution in [0.1, 0.15) is 72.0 Å². The van der Waals surface area contributed by atoms with E-state index in [1.54, 1.807) is 17.4 Å². The fraction of sp³-hybridized carbons (Fsp3) is 0.379. The van der Waals surface area contributed by atoms with Gasteiger partial charge in [-0.05, 0) is 66.5 Å². The second-order valence-electron chi connectivity index (χ2n) is 9.55. The largest absolute Gasteiger partial charge is 0.475 e. The summed E-state index contributed by atoms with van der Waals surface area (Å²) in [4.78, 5) is 16.9. The molecule has 1 fully saturated rings. The van der Waals surface area contributed by atoms with E-state index in [4.69, 9.17) is 9.15 Å². The van der Waals surface area contributed by atoms with Gasteiger partial charge in [0.2, 0.25) is 5.76 Å². The maximum atomic E-state index is 11.2. The Balaban J connectivity index is 1.39. The molecule has 1 aliphatic rings. The summed E-state index contributed by atoms with van der Waals surface area (Å²) in [6.07, 6.45) is 9.23. The number of carboxylic acids is 1. The van der Waals surface area contributed by atoms with Crippen LogP contribution >= 0.6 is 11.3 Å². The van der Waals surface area contributed by atoms with E-state index in [9.17, 15) is 9.90 Å². The van der Waals surface area contributed by atoms with Gasteiger partial charge in [-0.1, -0.05) is 56.5 Å². The van der Waals surface area contributed by atoms with Crippen LogP contribution in [0, 0.1) is 12.8 Å². The van der Waals surface area contributed by atoms with Crippen molar-refractivity contribution in [3.05, 3.63) is 75.9 Å². The van der Waals surface area contributed by atoms with Crippen molar-refractivity contribution in [3.8, 4) is 11.1 Å². The summed E-state index contributed by atoms with van der Waals surface area (Å²) in [7, 11) is 0. The highest BCUT2D eigenvalue weighted by molar-refractivity contribution is 7.09. The second-order valence-corrected chi connectivity index (χ2v) is 10.4. The number of hydrogen-bond donors (Lipinski definition) is 1. The summed E-state index contributed by atoms with van der Waals surface area (Å²) in [5.41, 5.74) is 6.62. The third-order valence-electron chi connectivity index (χ3n) is 7.47. The predicted molar refractivity (Wildman–Crippen MR) is 139 cm³/mol. The summed E-state index contributed by atoms with van der Waals surface area (Å²) >= 11 is 1.71. The van der Waals surface area contributed by atoms with Crippen molar-refractivity contribution in [2.24, 2.45) is 5.92 Å². The molecular formula is C29H31NO4S. The highest BCUT2D eigenvalue weighted by Gasteiger charge is 2.41. The van der Waals surface area contributed by atoms with Gasteiger partial charge in [0.15, 0.2) is 0 Å². The van der Waals surface area contributed by atoms with Gasteiger partial charge < -0.3 is 14.3 Å². The SMILES string of the molecule is CCC(OCc1ccc(-c2ccc3cc(C(=O)O)oc3c2)c(C)c1)(c1cncs1)C1CCCCC1. The van der Waals surface area contributed by atoms with Crippen LogP contribution in [0.15, 0.2) is 58.6 Å². The van der Waals surface area contributed by atoms with Crippen molar-refractivity contribution in [3.63, 3.8) is 0 Å². The summed E-state index contributed by atoms with van der Waals surface area (Å²) in [6, 6.07) is 13.8. The molecule has 0 amide bonds. The zero-order valence-corrected chi connectivity index (χ0v) is 21.1. The van der Waals surface area contributed by atoms with E-state index < -0.39 is 5.97 Å². The summed E-state index contributed by atoms with van der Waals surface area (Å²) in [6.45, 7) is 4.90. The van der Waals surface area contributed by atoms with Crippen molar-refractivity contribution >= 4 is 28.3 Å². The van der Waals surface area contributed by atoms with Gasteiger partial charge in [0.1, 0.15) is 11.2 Å². The number of carboxylic acid groups (broad SMARTS) is 1. The van der Waals surface area contributed by atoms with Gasteiger partial charge in [0.25, 0.3) is 0 Å². The molecule has 1 unspecified atom stereocenters. The quantitative estimate of drug-likeness (QED) is 0.272. The Hall–Kier alpha value is -2.96. The van der Waals surface area contributed by atoms with E-state index in [-0.39, 0.29) is 11.4 Å². The van der Waals surface area contributed by atoms with Crippen molar-refractivity contribution in [2.75, 3.05) is 0 Å². The average Bonchev–Trinajstić information content (AvgIpc) is 3.56. The smallest absolute Gasteiger partial charge is 0.371 e. The number of rotatable bonds is 8. The minimum atomic E-state index is -1.06. The Labute approximate surface area is 209 Å². The Morgan fingerprint density at radius 2 is 2.00 bits per heavy atom. The number of benzene rings is 2. The molecule has 2 heterocycles. The molecule has 5 nitrogen and oxygen atoms in total. The van der Waals surface area contributed by atoms with Gasteiger partial charge in [-0.2, -0.15) is 0 Å². The lowest BCUT2D eigenvalue weighted by atomic mass is 9.74. The lowest BCUT2D eigenvalue weighted by molar-refractivity contribution is -0.113. The number of nitrogens with zero attached hydrogens (tertiary/aromatic N) is 1. The van der Waals surface area contributed by atoms with Gasteiger partial charge in [-0.3, -0.25) is 4.98 Å². The van der Waals surface area contributed by atoms with Crippen molar-refractivity contribution in [1.29, 1.82) is 0 Å². The molecule has 0 radical (unpaired) electrons. The number of aromatic carboxylic acids is 1. The molecule has 0 saturated heterocycles. The van der Waals surface area contributed by atoms with Crippen LogP contribution in [-0.4, -0.2) is 16.1 Å². The fourth-order valence-electron chi connectivity index (χ4n) is 5.60. The van der Waals surface area contributed by atoms with E-state index in [0.717, 1.165) is 34.1 Å². The summed E-state index contributed by atoms with van der Waals surface area (Å²) in [5.74, 6) is -0.574. The minimum absolute atomic E-state index is 0.0420. The van der Waals surface area contributed by atoms with E-state index >= 15 is 0 Å². The number of carbonyl (C=O) groups is 1. The van der Waals surface area contributed by atoms with E-state index in [0.29, 0.717) is 18.1 Å². The molecule has 1 aliphatic carbocycles. The summed E-state index contributed by atoms with van der Waals surface area (Å²) in [5, 5.41) is 10.00. The number of furan rings is 1. The Morgan fingerprint density at radius 1 is 1.17 bits per heavy atom. The van der Waals surface area contributed by atoms with Crippen LogP contribution in [0.4, 0.5) is 0 Å². The Kier molecular flexibility index (Phi) is 6.76. The third kappa shape index (κ3) is 4.65. The van der Waals surface area contributed by atoms with Crippen LogP contribution in [-0.2, 0) is 16.9 Å². The number of thiazole rings is 1. The van der Waals surface area contributed by atoms with Gasteiger partial charge >= 0.3 is 5.97 Å². The lowest BCUT2D eigenvalue weighted by Gasteiger charge is -2.41. The maximum Gasteiger partial charge on any atom is 0.371 e. The number of aromatic nitrogens is 1. The van der Waals surface area contributed by atoms with Crippen molar-refractivity contribution in [2.45, 2.75) is 64.6 Å². The monoisotopic (exact) mass is 489 g/mol. The molecule has 5 rings (SSSR count). The lowest BCUT2D eigenvalue weighted by Crippen LogP contribution is -2.38. The molecule has 0 aliphatic heterocycles. The molecule has 1 atom stereocenters. The van der Waals surface area contributed by atoms with E-state index in [1.807, 2.05) is 29.9 Å². The second kappa shape index (κ2) is 9.96. The molecule has 0 spiro atoms. The molecular weight excluding hydrogens is 458 g/mol. The molecule has 0 bridgehead atoms. The molecule has 35 heavy (non-hydrogen) atoms. The van der Waals surface area contributed by atoms with Gasteiger partial charge in [-0.25, -0.2) is 4.79 Å². The Morgan fingerprint density at radius 3 is 2.69 bits per heavy atom. The molecule has 1 N–H and O–H groups in total. The molecule has 1 saturated carbocycles. The maximum absolute atomic E-state index is 11.2. The Bertz CT molecular complexity index is 1320. The highest BCUT2D eigenvalue weighted by Crippen LogP contribution is 2.46. The molecule has 6 heteroatoms. The molecule has 4 aromatic rings. The number of ether oxygens (including phenoxy) is 1. The van der Waals surface area contributed by atoms with Gasteiger partial charge in [0.05, 0.1) is 17.0 Å². The van der Waals surface area contributed by atoms with Gasteiger partial charge in [0, 0.05) is 11.6 Å². The number of aryl methyl sites for hydroxylation is 1. The predicted octanol–water partition coefficient (Wildman–Crippen LogP) is 7.97. The highest BCUT2D eigenvalue weighted by atomic mass is 32.1. The van der Waals surface area contributed by atoms with Gasteiger partial charge in [-0.15, -0.1) is 11.3 Å². The first kappa shape index (κ1) is 23.8. The first-order valence-corrected chi connectivity index (χ1v) is 13.3.